The molecule has 0 fully saturated rings. The van der Waals surface area contributed by atoms with Gasteiger partial charge in [0.25, 0.3) is 5.91 Å². The largest absolute Gasteiger partial charge is 0.362 e. The number of hydrogen-bond acceptors (Lipinski definition) is 4. The Bertz CT molecular complexity index is 637. The smallest absolute Gasteiger partial charge is 0.335 e. The summed E-state index contributed by atoms with van der Waals surface area (Å²) in [6.07, 6.45) is 0.563. The second kappa shape index (κ2) is 6.29. The first kappa shape index (κ1) is 13.5. The predicted octanol–water partition coefficient (Wildman–Crippen LogP) is 2.00. The van der Waals surface area contributed by atoms with Crippen molar-refractivity contribution < 1.29 is 19.2 Å². The highest BCUT2D eigenvalue weighted by molar-refractivity contribution is 6.01. The van der Waals surface area contributed by atoms with Gasteiger partial charge in [0.05, 0.1) is 11.1 Å². The van der Waals surface area contributed by atoms with Crippen LogP contribution in [0.5, 0.6) is 0 Å². The number of aldehydes is 1. The fraction of sp³-hybridized carbons (Fsp3) is 0. The minimum atomic E-state index is -0.678. The molecule has 0 aliphatic rings. The molecule has 0 saturated carbocycles. The Balaban J connectivity index is 2.02. The highest BCUT2D eigenvalue weighted by Crippen LogP contribution is 2.06. The van der Waals surface area contributed by atoms with Crippen LogP contribution in [0.1, 0.15) is 31.1 Å². The normalized spacial score (nSPS) is 9.60. The van der Waals surface area contributed by atoms with Gasteiger partial charge in [-0.3, -0.25) is 9.59 Å². The van der Waals surface area contributed by atoms with Crippen LogP contribution in [0.15, 0.2) is 54.6 Å². The molecule has 0 unspecified atom stereocenters. The van der Waals surface area contributed by atoms with E-state index in [0.29, 0.717) is 11.8 Å². The molecule has 0 aliphatic heterocycles. The van der Waals surface area contributed by atoms with Crippen molar-refractivity contribution in [3.8, 4) is 0 Å². The van der Waals surface area contributed by atoms with Crippen molar-refractivity contribution in [1.82, 2.24) is 5.48 Å². The molecule has 20 heavy (non-hydrogen) atoms. The molecule has 1 amide bonds. The van der Waals surface area contributed by atoms with Crippen molar-refractivity contribution in [2.45, 2.75) is 0 Å². The van der Waals surface area contributed by atoms with Crippen LogP contribution in [-0.2, 0) is 4.84 Å². The SMILES string of the molecule is O=Cc1ccccc1C(=O)NOC(=O)c1ccccc1. The zero-order chi connectivity index (χ0) is 14.4. The molecule has 100 valence electrons. The van der Waals surface area contributed by atoms with Crippen LogP contribution in [0.25, 0.3) is 0 Å². The van der Waals surface area contributed by atoms with Crippen molar-refractivity contribution in [2.24, 2.45) is 0 Å². The molecule has 5 nitrogen and oxygen atoms in total. The summed E-state index contributed by atoms with van der Waals surface area (Å²) in [4.78, 5) is 38.9. The Morgan fingerprint density at radius 2 is 1.60 bits per heavy atom. The van der Waals surface area contributed by atoms with Crippen LogP contribution in [0, 0.1) is 0 Å². The minimum Gasteiger partial charge on any atom is -0.335 e. The molecule has 0 aliphatic carbocycles. The van der Waals surface area contributed by atoms with E-state index in [0.717, 1.165) is 0 Å². The summed E-state index contributed by atoms with van der Waals surface area (Å²) in [5.41, 5.74) is 2.71. The molecule has 2 aromatic rings. The molecular formula is C15H11NO4. The van der Waals surface area contributed by atoms with Crippen LogP contribution in [0.4, 0.5) is 0 Å². The average Bonchev–Trinajstić information content (AvgIpc) is 2.53. The first-order valence-corrected chi connectivity index (χ1v) is 5.83. The van der Waals surface area contributed by atoms with Gasteiger partial charge >= 0.3 is 5.97 Å². The topological polar surface area (TPSA) is 72.5 Å². The van der Waals surface area contributed by atoms with E-state index in [2.05, 4.69) is 4.84 Å². The quantitative estimate of drug-likeness (QED) is 0.683. The molecular weight excluding hydrogens is 258 g/mol. The molecule has 2 aromatic carbocycles. The Labute approximate surface area is 115 Å². The van der Waals surface area contributed by atoms with Crippen LogP contribution in [0.3, 0.4) is 0 Å². The highest BCUT2D eigenvalue weighted by Gasteiger charge is 2.13. The third kappa shape index (κ3) is 3.08. The summed E-state index contributed by atoms with van der Waals surface area (Å²) < 4.78 is 0. The lowest BCUT2D eigenvalue weighted by atomic mass is 10.1. The highest BCUT2D eigenvalue weighted by atomic mass is 16.7. The van der Waals surface area contributed by atoms with E-state index in [9.17, 15) is 14.4 Å². The van der Waals surface area contributed by atoms with Gasteiger partial charge in [-0.25, -0.2) is 4.79 Å². The lowest BCUT2D eigenvalue weighted by Crippen LogP contribution is -2.27. The van der Waals surface area contributed by atoms with Crippen LogP contribution in [-0.4, -0.2) is 18.2 Å². The molecule has 0 aromatic heterocycles. The third-order valence-corrected chi connectivity index (χ3v) is 2.58. The maximum atomic E-state index is 11.8. The van der Waals surface area contributed by atoms with E-state index in [1.165, 1.54) is 12.1 Å². The summed E-state index contributed by atoms with van der Waals surface area (Å²) >= 11 is 0. The van der Waals surface area contributed by atoms with E-state index >= 15 is 0 Å². The fourth-order valence-electron chi connectivity index (χ4n) is 1.59. The zero-order valence-electron chi connectivity index (χ0n) is 10.4. The van der Waals surface area contributed by atoms with Crippen molar-refractivity contribution in [3.63, 3.8) is 0 Å². The van der Waals surface area contributed by atoms with Crippen molar-refractivity contribution >= 4 is 18.2 Å². The number of benzene rings is 2. The Morgan fingerprint density at radius 1 is 0.950 bits per heavy atom. The average molecular weight is 269 g/mol. The molecule has 0 bridgehead atoms. The maximum Gasteiger partial charge on any atom is 0.362 e. The van der Waals surface area contributed by atoms with Crippen LogP contribution in [0.2, 0.25) is 0 Å². The standard InChI is InChI=1S/C15H11NO4/c17-10-12-8-4-5-9-13(12)14(18)16-20-15(19)11-6-2-1-3-7-11/h1-10H,(H,16,18). The summed E-state index contributed by atoms with van der Waals surface area (Å²) in [5, 5.41) is 0. The van der Waals surface area contributed by atoms with Gasteiger partial charge in [0.2, 0.25) is 0 Å². The lowest BCUT2D eigenvalue weighted by Gasteiger charge is -2.07. The molecule has 5 heteroatoms. The van der Waals surface area contributed by atoms with Gasteiger partial charge in [-0.2, -0.15) is 5.48 Å². The van der Waals surface area contributed by atoms with Gasteiger partial charge < -0.3 is 4.84 Å². The van der Waals surface area contributed by atoms with Crippen molar-refractivity contribution in [2.75, 3.05) is 0 Å². The molecule has 0 atom stereocenters. The van der Waals surface area contributed by atoms with Gasteiger partial charge in [0.1, 0.15) is 0 Å². The number of amides is 1. The summed E-state index contributed by atoms with van der Waals surface area (Å²) in [7, 11) is 0. The van der Waals surface area contributed by atoms with Crippen LogP contribution >= 0.6 is 0 Å². The molecule has 2 rings (SSSR count). The number of nitrogens with one attached hydrogen (secondary N) is 1. The lowest BCUT2D eigenvalue weighted by molar-refractivity contribution is 0.0230. The summed E-state index contributed by atoms with van der Waals surface area (Å²) in [6.45, 7) is 0. The Hall–Kier alpha value is -2.95. The number of hydroxylamine groups is 1. The molecule has 0 radical (unpaired) electrons. The minimum absolute atomic E-state index is 0.142. The van der Waals surface area contributed by atoms with Crippen molar-refractivity contribution in [1.29, 1.82) is 0 Å². The zero-order valence-corrected chi connectivity index (χ0v) is 10.4. The van der Waals surface area contributed by atoms with E-state index in [1.807, 2.05) is 5.48 Å². The first-order chi connectivity index (χ1) is 9.72. The van der Waals surface area contributed by atoms with Crippen molar-refractivity contribution in [3.05, 3.63) is 71.3 Å². The van der Waals surface area contributed by atoms with E-state index < -0.39 is 11.9 Å². The molecule has 1 N–H and O–H groups in total. The second-order valence-corrected chi connectivity index (χ2v) is 3.89. The van der Waals surface area contributed by atoms with E-state index in [4.69, 9.17) is 0 Å². The number of rotatable bonds is 3. The monoisotopic (exact) mass is 269 g/mol. The van der Waals surface area contributed by atoms with Gasteiger partial charge in [-0.15, -0.1) is 0 Å². The predicted molar refractivity (Wildman–Crippen MR) is 71.2 cm³/mol. The van der Waals surface area contributed by atoms with Gasteiger partial charge in [0, 0.05) is 5.56 Å². The summed E-state index contributed by atoms with van der Waals surface area (Å²) in [6, 6.07) is 14.5. The summed E-state index contributed by atoms with van der Waals surface area (Å²) in [5.74, 6) is -1.33. The molecule has 0 saturated heterocycles. The van der Waals surface area contributed by atoms with E-state index in [-0.39, 0.29) is 11.1 Å². The van der Waals surface area contributed by atoms with Gasteiger partial charge in [0.15, 0.2) is 6.29 Å². The first-order valence-electron chi connectivity index (χ1n) is 5.83. The Kier molecular flexibility index (Phi) is 4.24. The second-order valence-electron chi connectivity index (χ2n) is 3.89. The molecule has 0 spiro atoms. The third-order valence-electron chi connectivity index (χ3n) is 2.58. The number of carbonyl (C=O) groups is 3. The van der Waals surface area contributed by atoms with Crippen LogP contribution < -0.4 is 5.48 Å². The molecule has 0 heterocycles. The number of hydrogen-bond donors (Lipinski definition) is 1. The fourth-order valence-corrected chi connectivity index (χ4v) is 1.59. The van der Waals surface area contributed by atoms with Gasteiger partial charge in [-0.1, -0.05) is 36.4 Å². The van der Waals surface area contributed by atoms with E-state index in [1.54, 1.807) is 42.5 Å². The number of carbonyl (C=O) groups excluding carboxylic acids is 3. The maximum absolute atomic E-state index is 11.8. The Morgan fingerprint density at radius 3 is 2.30 bits per heavy atom. The van der Waals surface area contributed by atoms with Gasteiger partial charge in [-0.05, 0) is 18.2 Å².